The molecule has 0 aromatic heterocycles. The summed E-state index contributed by atoms with van der Waals surface area (Å²) in [5.74, 6) is 0.880. The molecule has 0 unspecified atom stereocenters. The van der Waals surface area contributed by atoms with Gasteiger partial charge < -0.3 is 14.2 Å². The summed E-state index contributed by atoms with van der Waals surface area (Å²) in [5.41, 5.74) is 3.26. The molecule has 1 heterocycles. The number of para-hydroxylation sites is 2. The first-order valence-corrected chi connectivity index (χ1v) is 12.4. The third kappa shape index (κ3) is 5.67. The molecule has 1 amide bonds. The van der Waals surface area contributed by atoms with Crippen molar-refractivity contribution in [3.8, 4) is 17.2 Å². The summed E-state index contributed by atoms with van der Waals surface area (Å²) in [6.45, 7) is 1.71. The van der Waals surface area contributed by atoms with Gasteiger partial charge in [0.1, 0.15) is 12.3 Å². The molecule has 1 aliphatic heterocycles. The maximum absolute atomic E-state index is 13.5. The van der Waals surface area contributed by atoms with Crippen molar-refractivity contribution in [1.82, 2.24) is 5.43 Å². The lowest BCUT2D eigenvalue weighted by molar-refractivity contribution is -0.119. The lowest BCUT2D eigenvalue weighted by atomic mass is 10.2. The normalized spacial score (nSPS) is 12.5. The highest BCUT2D eigenvalue weighted by atomic mass is 35.5. The molecule has 182 valence electrons. The second-order valence-electron chi connectivity index (χ2n) is 7.27. The number of carbonyl (C=O) groups is 1. The number of fused-ring (bicyclic) bond motifs is 1. The minimum Gasteiger partial charge on any atom is -0.492 e. The van der Waals surface area contributed by atoms with Crippen molar-refractivity contribution in [3.05, 3.63) is 77.3 Å². The highest BCUT2D eigenvalue weighted by Crippen LogP contribution is 2.33. The minimum atomic E-state index is -4.14. The molecule has 1 N–H and O–H groups in total. The van der Waals surface area contributed by atoms with Gasteiger partial charge in [0.25, 0.3) is 15.9 Å². The number of ether oxygens (including phenoxy) is 3. The van der Waals surface area contributed by atoms with E-state index in [-0.39, 0.29) is 17.4 Å². The van der Waals surface area contributed by atoms with Gasteiger partial charge in [-0.2, -0.15) is 5.10 Å². The molecule has 9 nitrogen and oxygen atoms in total. The summed E-state index contributed by atoms with van der Waals surface area (Å²) in [7, 11) is -4.14. The van der Waals surface area contributed by atoms with Crippen LogP contribution in [0.15, 0.2) is 76.7 Å². The Morgan fingerprint density at radius 1 is 1.11 bits per heavy atom. The van der Waals surface area contributed by atoms with E-state index in [0.717, 1.165) is 4.31 Å². The standard InChI is InChI=1S/C24H22ClN3O6S/c1-2-32-21-6-4-3-5-20(21)28(35(30,31)19-10-8-18(25)9-11-19)15-24(29)27-26-14-17-7-12-22-23(13-17)34-16-33-22/h3-14H,2,15-16H2,1H3,(H,27,29)/b26-14-. The zero-order valence-electron chi connectivity index (χ0n) is 18.7. The lowest BCUT2D eigenvalue weighted by Gasteiger charge is -2.25. The van der Waals surface area contributed by atoms with Crippen LogP contribution in [0.2, 0.25) is 5.02 Å². The van der Waals surface area contributed by atoms with Crippen LogP contribution in [-0.4, -0.2) is 40.5 Å². The number of halogens is 1. The number of sulfonamides is 1. The van der Waals surface area contributed by atoms with Crippen LogP contribution in [0, 0.1) is 0 Å². The SMILES string of the molecule is CCOc1ccccc1N(CC(=O)N/N=C\c1ccc2c(c1)OCO2)S(=O)(=O)c1ccc(Cl)cc1. The van der Waals surface area contributed by atoms with Crippen molar-refractivity contribution in [2.75, 3.05) is 24.2 Å². The maximum Gasteiger partial charge on any atom is 0.264 e. The zero-order chi connectivity index (χ0) is 24.8. The molecule has 3 aromatic rings. The summed E-state index contributed by atoms with van der Waals surface area (Å²) in [4.78, 5) is 12.7. The van der Waals surface area contributed by atoms with Crippen molar-refractivity contribution in [3.63, 3.8) is 0 Å². The van der Waals surface area contributed by atoms with Gasteiger partial charge in [-0.25, -0.2) is 13.8 Å². The van der Waals surface area contributed by atoms with Crippen molar-refractivity contribution >= 4 is 39.4 Å². The fraction of sp³-hybridized carbons (Fsp3) is 0.167. The molecule has 0 atom stereocenters. The first-order valence-electron chi connectivity index (χ1n) is 10.6. The molecule has 0 saturated carbocycles. The second kappa shape index (κ2) is 10.7. The zero-order valence-corrected chi connectivity index (χ0v) is 20.3. The Morgan fingerprint density at radius 3 is 2.63 bits per heavy atom. The smallest absolute Gasteiger partial charge is 0.264 e. The molecule has 0 bridgehead atoms. The predicted molar refractivity (Wildman–Crippen MR) is 132 cm³/mol. The van der Waals surface area contributed by atoms with E-state index >= 15 is 0 Å². The molecule has 4 rings (SSSR count). The largest absolute Gasteiger partial charge is 0.492 e. The van der Waals surface area contributed by atoms with Crippen molar-refractivity contribution < 1.29 is 27.4 Å². The molecule has 3 aromatic carbocycles. The van der Waals surface area contributed by atoms with Crippen molar-refractivity contribution in [2.45, 2.75) is 11.8 Å². The monoisotopic (exact) mass is 515 g/mol. The predicted octanol–water partition coefficient (Wildman–Crippen LogP) is 3.81. The third-order valence-electron chi connectivity index (χ3n) is 4.92. The van der Waals surface area contributed by atoms with E-state index in [0.29, 0.717) is 34.4 Å². The van der Waals surface area contributed by atoms with E-state index in [1.165, 1.54) is 30.5 Å². The molecular weight excluding hydrogens is 494 g/mol. The third-order valence-corrected chi connectivity index (χ3v) is 6.95. The number of hydrogen-bond acceptors (Lipinski definition) is 7. The second-order valence-corrected chi connectivity index (χ2v) is 9.57. The van der Waals surface area contributed by atoms with Gasteiger partial charge >= 0.3 is 0 Å². The van der Waals surface area contributed by atoms with E-state index < -0.39 is 22.5 Å². The van der Waals surface area contributed by atoms with Gasteiger partial charge in [-0.15, -0.1) is 0 Å². The molecule has 0 aliphatic carbocycles. The number of hydrogen-bond donors (Lipinski definition) is 1. The van der Waals surface area contributed by atoms with Crippen LogP contribution in [-0.2, 0) is 14.8 Å². The minimum absolute atomic E-state index is 0.0233. The number of nitrogens with zero attached hydrogens (tertiary/aromatic N) is 2. The summed E-state index contributed by atoms with van der Waals surface area (Å²) in [5, 5.41) is 4.34. The van der Waals surface area contributed by atoms with E-state index in [2.05, 4.69) is 10.5 Å². The Balaban J connectivity index is 1.58. The van der Waals surface area contributed by atoms with Crippen LogP contribution in [0.5, 0.6) is 17.2 Å². The first-order chi connectivity index (χ1) is 16.9. The number of anilines is 1. The van der Waals surface area contributed by atoms with E-state index in [1.807, 2.05) is 0 Å². The summed E-state index contributed by atoms with van der Waals surface area (Å²) >= 11 is 5.92. The number of nitrogens with one attached hydrogen (secondary N) is 1. The first kappa shape index (κ1) is 24.4. The topological polar surface area (TPSA) is 107 Å². The van der Waals surface area contributed by atoms with Crippen molar-refractivity contribution in [2.24, 2.45) is 5.10 Å². The van der Waals surface area contributed by atoms with Crippen LogP contribution in [0.1, 0.15) is 12.5 Å². The fourth-order valence-electron chi connectivity index (χ4n) is 3.31. The summed E-state index contributed by atoms with van der Waals surface area (Å²) in [6, 6.07) is 17.5. The number of hydrazone groups is 1. The Kier molecular flexibility index (Phi) is 7.42. The molecular formula is C24H22ClN3O6S. The Labute approximate surface area is 207 Å². The highest BCUT2D eigenvalue weighted by molar-refractivity contribution is 7.92. The van der Waals surface area contributed by atoms with Crippen LogP contribution < -0.4 is 23.9 Å². The molecule has 0 radical (unpaired) electrons. The van der Waals surface area contributed by atoms with Crippen LogP contribution in [0.25, 0.3) is 0 Å². The summed E-state index contributed by atoms with van der Waals surface area (Å²) in [6.07, 6.45) is 1.42. The van der Waals surface area contributed by atoms with Crippen LogP contribution in [0.4, 0.5) is 5.69 Å². The van der Waals surface area contributed by atoms with E-state index in [9.17, 15) is 13.2 Å². The average Bonchev–Trinajstić information content (AvgIpc) is 3.31. The van der Waals surface area contributed by atoms with Gasteiger partial charge in [-0.1, -0.05) is 23.7 Å². The molecule has 1 aliphatic rings. The average molecular weight is 516 g/mol. The summed E-state index contributed by atoms with van der Waals surface area (Å²) < 4.78 is 44.2. The maximum atomic E-state index is 13.5. The quantitative estimate of drug-likeness (QED) is 0.343. The highest BCUT2D eigenvalue weighted by Gasteiger charge is 2.29. The molecule has 0 spiro atoms. The van der Waals surface area contributed by atoms with Gasteiger partial charge in [-0.05, 0) is 67.1 Å². The van der Waals surface area contributed by atoms with Gasteiger partial charge in [-0.3, -0.25) is 9.10 Å². The van der Waals surface area contributed by atoms with E-state index in [1.54, 1.807) is 49.4 Å². The Hall–Kier alpha value is -3.76. The number of benzene rings is 3. The van der Waals surface area contributed by atoms with Gasteiger partial charge in [0.15, 0.2) is 11.5 Å². The van der Waals surface area contributed by atoms with Crippen LogP contribution in [0.3, 0.4) is 0 Å². The van der Waals surface area contributed by atoms with Crippen molar-refractivity contribution in [1.29, 1.82) is 0 Å². The van der Waals surface area contributed by atoms with Gasteiger partial charge in [0.05, 0.1) is 23.4 Å². The Morgan fingerprint density at radius 2 is 1.86 bits per heavy atom. The molecule has 0 fully saturated rings. The van der Waals surface area contributed by atoms with E-state index in [4.69, 9.17) is 25.8 Å². The molecule has 11 heteroatoms. The van der Waals surface area contributed by atoms with Gasteiger partial charge in [0.2, 0.25) is 6.79 Å². The lowest BCUT2D eigenvalue weighted by Crippen LogP contribution is -2.39. The number of carbonyl (C=O) groups excluding carboxylic acids is 1. The number of amides is 1. The fourth-order valence-corrected chi connectivity index (χ4v) is 4.87. The Bertz CT molecular complexity index is 1350. The van der Waals surface area contributed by atoms with Crippen LogP contribution >= 0.6 is 11.6 Å². The van der Waals surface area contributed by atoms with Gasteiger partial charge in [0, 0.05) is 5.02 Å². The number of rotatable bonds is 9. The molecule has 35 heavy (non-hydrogen) atoms. The molecule has 0 saturated heterocycles.